The van der Waals surface area contributed by atoms with E-state index >= 15 is 0 Å². The standard InChI is InChI=1S/C16H13N3O2S2/c20-15(19-17-9-13-7-4-8-21-13)11-23-16-18-14(10-22-16)12-5-2-1-3-6-12/h1-10H,11H2,(H,19,20)/b17-9+. The van der Waals surface area contributed by atoms with Gasteiger partial charge in [-0.25, -0.2) is 10.4 Å². The molecular formula is C16H13N3O2S2. The first-order valence-electron chi connectivity index (χ1n) is 6.80. The van der Waals surface area contributed by atoms with E-state index in [1.54, 1.807) is 18.4 Å². The second-order valence-electron chi connectivity index (χ2n) is 4.46. The molecule has 1 amide bonds. The zero-order chi connectivity index (χ0) is 15.9. The van der Waals surface area contributed by atoms with Crippen LogP contribution in [0.3, 0.4) is 0 Å². The van der Waals surface area contributed by atoms with Crippen molar-refractivity contribution in [1.82, 2.24) is 10.4 Å². The number of rotatable bonds is 6. The van der Waals surface area contributed by atoms with Gasteiger partial charge in [-0.1, -0.05) is 42.1 Å². The minimum absolute atomic E-state index is 0.186. The third-order valence-corrected chi connectivity index (χ3v) is 4.82. The van der Waals surface area contributed by atoms with Gasteiger partial charge in [0.05, 0.1) is 23.9 Å². The van der Waals surface area contributed by atoms with Gasteiger partial charge in [-0.3, -0.25) is 4.79 Å². The number of carbonyl (C=O) groups is 1. The summed E-state index contributed by atoms with van der Waals surface area (Å²) in [6.45, 7) is 0. The molecule has 1 aromatic carbocycles. The number of carbonyl (C=O) groups excluding carboxylic acids is 1. The molecule has 1 N–H and O–H groups in total. The van der Waals surface area contributed by atoms with Gasteiger partial charge in [0.25, 0.3) is 5.91 Å². The summed E-state index contributed by atoms with van der Waals surface area (Å²) in [5.41, 5.74) is 4.45. The number of hydrogen-bond donors (Lipinski definition) is 1. The Morgan fingerprint density at radius 3 is 2.96 bits per heavy atom. The van der Waals surface area contributed by atoms with E-state index in [0.29, 0.717) is 5.76 Å². The van der Waals surface area contributed by atoms with Crippen molar-refractivity contribution in [2.45, 2.75) is 4.34 Å². The molecule has 23 heavy (non-hydrogen) atoms. The highest BCUT2D eigenvalue weighted by molar-refractivity contribution is 8.01. The van der Waals surface area contributed by atoms with E-state index in [1.165, 1.54) is 29.3 Å². The van der Waals surface area contributed by atoms with Crippen LogP contribution in [0.4, 0.5) is 0 Å². The third kappa shape index (κ3) is 4.54. The van der Waals surface area contributed by atoms with Crippen molar-refractivity contribution in [3.63, 3.8) is 0 Å². The number of nitrogens with zero attached hydrogens (tertiary/aromatic N) is 2. The molecule has 0 saturated heterocycles. The Morgan fingerprint density at radius 1 is 1.30 bits per heavy atom. The second-order valence-corrected chi connectivity index (χ2v) is 6.54. The monoisotopic (exact) mass is 343 g/mol. The predicted molar refractivity (Wildman–Crippen MR) is 92.7 cm³/mol. The first-order valence-corrected chi connectivity index (χ1v) is 8.67. The van der Waals surface area contributed by atoms with E-state index in [9.17, 15) is 4.79 Å². The van der Waals surface area contributed by atoms with Gasteiger partial charge in [-0.2, -0.15) is 5.10 Å². The number of thiazole rings is 1. The van der Waals surface area contributed by atoms with E-state index in [-0.39, 0.29) is 11.7 Å². The minimum Gasteiger partial charge on any atom is -0.463 e. The fourth-order valence-corrected chi connectivity index (χ4v) is 3.38. The van der Waals surface area contributed by atoms with Crippen LogP contribution in [0.25, 0.3) is 11.3 Å². The number of thioether (sulfide) groups is 1. The average molecular weight is 343 g/mol. The lowest BCUT2D eigenvalue weighted by molar-refractivity contribution is -0.118. The minimum atomic E-state index is -0.186. The normalized spacial score (nSPS) is 11.0. The quantitative estimate of drug-likeness (QED) is 0.421. The highest BCUT2D eigenvalue weighted by atomic mass is 32.2. The van der Waals surface area contributed by atoms with Gasteiger partial charge < -0.3 is 4.42 Å². The summed E-state index contributed by atoms with van der Waals surface area (Å²) >= 11 is 2.92. The number of hydrogen-bond acceptors (Lipinski definition) is 6. The number of amides is 1. The van der Waals surface area contributed by atoms with Crippen molar-refractivity contribution in [2.75, 3.05) is 5.75 Å². The average Bonchev–Trinajstić information content (AvgIpc) is 3.25. The predicted octanol–water partition coefficient (Wildman–Crippen LogP) is 3.65. The maximum atomic E-state index is 11.7. The van der Waals surface area contributed by atoms with Crippen LogP contribution in [0.2, 0.25) is 0 Å². The molecule has 0 radical (unpaired) electrons. The molecule has 0 aliphatic heterocycles. The lowest BCUT2D eigenvalue weighted by Crippen LogP contribution is -2.19. The molecule has 0 aliphatic carbocycles. The van der Waals surface area contributed by atoms with Crippen molar-refractivity contribution in [3.05, 3.63) is 59.9 Å². The third-order valence-electron chi connectivity index (χ3n) is 2.80. The molecule has 2 heterocycles. The number of furan rings is 1. The molecule has 0 aliphatic rings. The summed E-state index contributed by atoms with van der Waals surface area (Å²) in [6.07, 6.45) is 3.01. The van der Waals surface area contributed by atoms with Gasteiger partial charge in [0.1, 0.15) is 5.76 Å². The number of hydrazone groups is 1. The first-order chi connectivity index (χ1) is 11.3. The maximum absolute atomic E-state index is 11.7. The summed E-state index contributed by atoms with van der Waals surface area (Å²) in [6, 6.07) is 13.5. The first kappa shape index (κ1) is 15.5. The second kappa shape index (κ2) is 7.75. The Balaban J connectivity index is 1.49. The van der Waals surface area contributed by atoms with Crippen molar-refractivity contribution < 1.29 is 9.21 Å². The van der Waals surface area contributed by atoms with Crippen molar-refractivity contribution >= 4 is 35.2 Å². The number of aromatic nitrogens is 1. The van der Waals surface area contributed by atoms with E-state index in [2.05, 4.69) is 15.5 Å². The van der Waals surface area contributed by atoms with Crippen LogP contribution in [0.5, 0.6) is 0 Å². The van der Waals surface area contributed by atoms with Gasteiger partial charge in [0.15, 0.2) is 4.34 Å². The highest BCUT2D eigenvalue weighted by Gasteiger charge is 2.07. The molecule has 0 atom stereocenters. The molecule has 2 aromatic heterocycles. The lowest BCUT2D eigenvalue weighted by Gasteiger charge is -1.97. The Morgan fingerprint density at radius 2 is 2.17 bits per heavy atom. The van der Waals surface area contributed by atoms with Crippen LogP contribution in [0.15, 0.2) is 68.0 Å². The zero-order valence-corrected chi connectivity index (χ0v) is 13.6. The van der Waals surface area contributed by atoms with E-state index in [1.807, 2.05) is 35.7 Å². The summed E-state index contributed by atoms with van der Waals surface area (Å²) < 4.78 is 5.93. The zero-order valence-electron chi connectivity index (χ0n) is 12.0. The van der Waals surface area contributed by atoms with Crippen LogP contribution in [0, 0.1) is 0 Å². The van der Waals surface area contributed by atoms with Crippen LogP contribution in [0.1, 0.15) is 5.76 Å². The smallest absolute Gasteiger partial charge is 0.250 e. The fraction of sp³-hybridized carbons (Fsp3) is 0.0625. The van der Waals surface area contributed by atoms with Crippen molar-refractivity contribution in [3.8, 4) is 11.3 Å². The van der Waals surface area contributed by atoms with Crippen molar-refractivity contribution in [1.29, 1.82) is 0 Å². The summed E-state index contributed by atoms with van der Waals surface area (Å²) in [4.78, 5) is 16.2. The number of nitrogens with one attached hydrogen (secondary N) is 1. The van der Waals surface area contributed by atoms with Crippen molar-refractivity contribution in [2.24, 2.45) is 5.10 Å². The molecule has 3 aromatic rings. The molecule has 0 bridgehead atoms. The molecule has 0 fully saturated rings. The van der Waals surface area contributed by atoms with Crippen LogP contribution in [-0.2, 0) is 4.79 Å². The Hall–Kier alpha value is -2.38. The van der Waals surface area contributed by atoms with Crippen LogP contribution in [-0.4, -0.2) is 22.9 Å². The summed E-state index contributed by atoms with van der Waals surface area (Å²) in [7, 11) is 0. The molecule has 0 saturated carbocycles. The lowest BCUT2D eigenvalue weighted by atomic mass is 10.2. The largest absolute Gasteiger partial charge is 0.463 e. The van der Waals surface area contributed by atoms with E-state index < -0.39 is 0 Å². The Bertz CT molecular complexity index is 783. The van der Waals surface area contributed by atoms with Gasteiger partial charge in [-0.15, -0.1) is 11.3 Å². The SMILES string of the molecule is O=C(CSc1nc(-c2ccccc2)cs1)N/N=C/c1ccco1. The van der Waals surface area contributed by atoms with Crippen LogP contribution >= 0.6 is 23.1 Å². The van der Waals surface area contributed by atoms with Gasteiger partial charge in [-0.05, 0) is 12.1 Å². The molecular weight excluding hydrogens is 330 g/mol. The maximum Gasteiger partial charge on any atom is 0.250 e. The fourth-order valence-electron chi connectivity index (χ4n) is 1.76. The van der Waals surface area contributed by atoms with Gasteiger partial charge >= 0.3 is 0 Å². The molecule has 116 valence electrons. The van der Waals surface area contributed by atoms with Gasteiger partial charge in [0.2, 0.25) is 0 Å². The molecule has 7 heteroatoms. The van der Waals surface area contributed by atoms with E-state index in [0.717, 1.165) is 15.6 Å². The topological polar surface area (TPSA) is 67.5 Å². The highest BCUT2D eigenvalue weighted by Crippen LogP contribution is 2.27. The molecule has 0 spiro atoms. The van der Waals surface area contributed by atoms with Crippen LogP contribution < -0.4 is 5.43 Å². The summed E-state index contributed by atoms with van der Waals surface area (Å²) in [5, 5.41) is 5.82. The summed E-state index contributed by atoms with van der Waals surface area (Å²) in [5.74, 6) is 0.664. The molecule has 3 rings (SSSR count). The van der Waals surface area contributed by atoms with E-state index in [4.69, 9.17) is 4.42 Å². The molecule has 0 unspecified atom stereocenters. The molecule has 5 nitrogen and oxygen atoms in total. The Labute approximate surface area is 141 Å². The number of benzene rings is 1. The Kier molecular flexibility index (Phi) is 5.23. The van der Waals surface area contributed by atoms with Gasteiger partial charge in [0, 0.05) is 10.9 Å².